The van der Waals surface area contributed by atoms with Crippen molar-refractivity contribution in [3.05, 3.63) is 64.1 Å². The molecule has 2 aromatic rings. The average Bonchev–Trinajstić information content (AvgIpc) is 2.41. The topological polar surface area (TPSA) is 12.9 Å². The molecular formula is C14H12Br2FN. The summed E-state index contributed by atoms with van der Waals surface area (Å²) in [7, 11) is 0. The zero-order chi connectivity index (χ0) is 13.1. The van der Waals surface area contributed by atoms with E-state index >= 15 is 0 Å². The number of halogens is 3. The van der Waals surface area contributed by atoms with Crippen LogP contribution < -0.4 is 0 Å². The van der Waals surface area contributed by atoms with E-state index in [1.807, 2.05) is 18.2 Å². The predicted molar refractivity (Wildman–Crippen MR) is 78.4 cm³/mol. The van der Waals surface area contributed by atoms with Gasteiger partial charge in [-0.15, -0.1) is 0 Å². The van der Waals surface area contributed by atoms with Crippen molar-refractivity contribution in [1.29, 1.82) is 0 Å². The molecule has 0 radical (unpaired) electrons. The third kappa shape index (κ3) is 2.98. The molecule has 2 unspecified atom stereocenters. The highest BCUT2D eigenvalue weighted by atomic mass is 79.9. The molecular weight excluding hydrogens is 361 g/mol. The van der Waals surface area contributed by atoms with Gasteiger partial charge in [0.2, 0.25) is 0 Å². The maximum Gasteiger partial charge on any atom is 0.137 e. The molecule has 0 bridgehead atoms. The monoisotopic (exact) mass is 371 g/mol. The van der Waals surface area contributed by atoms with Crippen molar-refractivity contribution in [2.24, 2.45) is 0 Å². The smallest absolute Gasteiger partial charge is 0.137 e. The van der Waals surface area contributed by atoms with Gasteiger partial charge in [-0.2, -0.15) is 0 Å². The number of pyridine rings is 1. The number of aromatic nitrogens is 1. The Kier molecular flexibility index (Phi) is 4.51. The number of rotatable bonds is 3. The third-order valence-electron chi connectivity index (χ3n) is 2.93. The number of hydrogen-bond acceptors (Lipinski definition) is 1. The van der Waals surface area contributed by atoms with Crippen molar-refractivity contribution in [1.82, 2.24) is 4.98 Å². The molecule has 0 spiro atoms. The number of hydrogen-bond donors (Lipinski definition) is 0. The van der Waals surface area contributed by atoms with Gasteiger partial charge in [0.25, 0.3) is 0 Å². The van der Waals surface area contributed by atoms with Gasteiger partial charge in [-0.05, 0) is 57.2 Å². The van der Waals surface area contributed by atoms with Crippen LogP contribution in [0.3, 0.4) is 0 Å². The van der Waals surface area contributed by atoms with Crippen molar-refractivity contribution < 1.29 is 4.39 Å². The van der Waals surface area contributed by atoms with E-state index in [1.165, 1.54) is 5.56 Å². The molecule has 2 rings (SSSR count). The van der Waals surface area contributed by atoms with E-state index in [2.05, 4.69) is 43.8 Å². The van der Waals surface area contributed by atoms with E-state index in [0.29, 0.717) is 4.47 Å². The van der Waals surface area contributed by atoms with Crippen LogP contribution >= 0.6 is 31.9 Å². The first-order valence-electron chi connectivity index (χ1n) is 5.58. The van der Waals surface area contributed by atoms with Crippen molar-refractivity contribution in [2.75, 3.05) is 0 Å². The first-order valence-corrected chi connectivity index (χ1v) is 7.29. The molecule has 94 valence electrons. The first kappa shape index (κ1) is 13.7. The minimum absolute atomic E-state index is 0.0718. The van der Waals surface area contributed by atoms with E-state index < -0.39 is 0 Å². The quantitative estimate of drug-likeness (QED) is 0.673. The minimum atomic E-state index is -0.237. The summed E-state index contributed by atoms with van der Waals surface area (Å²) < 4.78 is 14.0. The molecule has 4 heteroatoms. The second-order valence-electron chi connectivity index (χ2n) is 4.14. The molecule has 0 saturated carbocycles. The van der Waals surface area contributed by atoms with Crippen LogP contribution in [-0.2, 0) is 0 Å². The lowest BCUT2D eigenvalue weighted by molar-refractivity contribution is 0.616. The van der Waals surface area contributed by atoms with Gasteiger partial charge < -0.3 is 0 Å². The van der Waals surface area contributed by atoms with Crippen molar-refractivity contribution in [3.63, 3.8) is 0 Å². The minimum Gasteiger partial charge on any atom is -0.265 e. The number of alkyl halides is 1. The van der Waals surface area contributed by atoms with E-state index in [9.17, 15) is 4.39 Å². The summed E-state index contributed by atoms with van der Waals surface area (Å²) in [5.41, 5.74) is 2.11. The molecule has 0 aliphatic rings. The maximum absolute atomic E-state index is 13.5. The molecule has 0 N–H and O–H groups in total. The normalized spacial score (nSPS) is 14.2. The molecule has 1 nitrogen and oxygen atoms in total. The average molecular weight is 373 g/mol. The zero-order valence-electron chi connectivity index (χ0n) is 9.78. The lowest BCUT2D eigenvalue weighted by Crippen LogP contribution is -2.02. The molecule has 0 saturated heterocycles. The summed E-state index contributed by atoms with van der Waals surface area (Å²) in [4.78, 5) is 4.08. The maximum atomic E-state index is 13.5. The van der Waals surface area contributed by atoms with Gasteiger partial charge in [-0.1, -0.05) is 28.9 Å². The molecule has 1 heterocycles. The molecule has 1 aromatic heterocycles. The lowest BCUT2D eigenvalue weighted by atomic mass is 9.94. The molecule has 1 aromatic carbocycles. The standard InChI is InChI=1S/C14H12Br2FN/c1-9(10-4-6-18-7-5-10)14(16)11-2-3-12(15)13(17)8-11/h2-9,14H,1H3. The molecule has 0 amide bonds. The van der Waals surface area contributed by atoms with E-state index in [1.54, 1.807) is 24.5 Å². The van der Waals surface area contributed by atoms with Crippen LogP contribution in [0.15, 0.2) is 47.2 Å². The number of benzene rings is 1. The molecule has 2 atom stereocenters. The van der Waals surface area contributed by atoms with Gasteiger partial charge in [0, 0.05) is 17.2 Å². The molecule has 18 heavy (non-hydrogen) atoms. The Labute approximate surface area is 123 Å². The van der Waals surface area contributed by atoms with Gasteiger partial charge in [-0.25, -0.2) is 4.39 Å². The Morgan fingerprint density at radius 2 is 1.78 bits per heavy atom. The fourth-order valence-corrected chi connectivity index (χ4v) is 2.65. The van der Waals surface area contributed by atoms with Gasteiger partial charge in [0.15, 0.2) is 0 Å². The van der Waals surface area contributed by atoms with E-state index in [0.717, 1.165) is 5.56 Å². The second kappa shape index (κ2) is 5.93. The van der Waals surface area contributed by atoms with Crippen molar-refractivity contribution in [2.45, 2.75) is 17.7 Å². The van der Waals surface area contributed by atoms with Crippen LogP contribution in [0.2, 0.25) is 0 Å². The summed E-state index contributed by atoms with van der Waals surface area (Å²) in [6.07, 6.45) is 3.54. The van der Waals surface area contributed by atoms with Crippen LogP contribution in [0.1, 0.15) is 28.8 Å². The van der Waals surface area contributed by atoms with E-state index in [4.69, 9.17) is 0 Å². The van der Waals surface area contributed by atoms with Gasteiger partial charge in [0.1, 0.15) is 5.82 Å². The van der Waals surface area contributed by atoms with Crippen molar-refractivity contribution >= 4 is 31.9 Å². The fraction of sp³-hybridized carbons (Fsp3) is 0.214. The summed E-state index contributed by atoms with van der Waals surface area (Å²) in [6.45, 7) is 2.11. The van der Waals surface area contributed by atoms with Crippen LogP contribution in [0.25, 0.3) is 0 Å². The predicted octanol–water partition coefficient (Wildman–Crippen LogP) is 5.22. The summed E-state index contributed by atoms with van der Waals surface area (Å²) in [5, 5.41) is 0. The fourth-order valence-electron chi connectivity index (χ4n) is 1.81. The van der Waals surface area contributed by atoms with E-state index in [-0.39, 0.29) is 16.6 Å². The zero-order valence-corrected chi connectivity index (χ0v) is 12.9. The summed E-state index contributed by atoms with van der Waals surface area (Å²) in [5.74, 6) is 0.00690. The number of nitrogens with zero attached hydrogens (tertiary/aromatic N) is 1. The first-order chi connectivity index (χ1) is 8.59. The molecule has 0 aliphatic carbocycles. The summed E-state index contributed by atoms with van der Waals surface area (Å²) in [6, 6.07) is 9.17. The lowest BCUT2D eigenvalue weighted by Gasteiger charge is -2.19. The van der Waals surface area contributed by atoms with Crippen LogP contribution in [0, 0.1) is 5.82 Å². The van der Waals surface area contributed by atoms with Gasteiger partial charge >= 0.3 is 0 Å². The van der Waals surface area contributed by atoms with Gasteiger partial charge in [0.05, 0.1) is 4.47 Å². The highest BCUT2D eigenvalue weighted by Crippen LogP contribution is 2.38. The molecule has 0 fully saturated rings. The largest absolute Gasteiger partial charge is 0.265 e. The van der Waals surface area contributed by atoms with Gasteiger partial charge in [-0.3, -0.25) is 4.98 Å². The third-order valence-corrected chi connectivity index (χ3v) is 4.90. The SMILES string of the molecule is CC(c1ccncc1)C(Br)c1ccc(Br)c(F)c1. The Bertz CT molecular complexity index is 531. The highest BCUT2D eigenvalue weighted by molar-refractivity contribution is 9.10. The highest BCUT2D eigenvalue weighted by Gasteiger charge is 2.18. The van der Waals surface area contributed by atoms with Crippen LogP contribution in [-0.4, -0.2) is 4.98 Å². The second-order valence-corrected chi connectivity index (χ2v) is 5.99. The Balaban J connectivity index is 2.25. The van der Waals surface area contributed by atoms with Crippen molar-refractivity contribution in [3.8, 4) is 0 Å². The Hall–Kier alpha value is -0.740. The summed E-state index contributed by atoms with van der Waals surface area (Å²) >= 11 is 6.81. The van der Waals surface area contributed by atoms with Crippen LogP contribution in [0.4, 0.5) is 4.39 Å². The Morgan fingerprint density at radius 3 is 2.39 bits per heavy atom. The Morgan fingerprint density at radius 1 is 1.11 bits per heavy atom. The molecule has 0 aliphatic heterocycles. The van der Waals surface area contributed by atoms with Crippen LogP contribution in [0.5, 0.6) is 0 Å².